The van der Waals surface area contributed by atoms with Gasteiger partial charge in [0.2, 0.25) is 0 Å². The van der Waals surface area contributed by atoms with Crippen LogP contribution in [0, 0.1) is 5.92 Å². The highest BCUT2D eigenvalue weighted by Crippen LogP contribution is 2.13. The Bertz CT molecular complexity index is 204. The Balaban J connectivity index is 3.65. The minimum Gasteiger partial charge on any atom is -0.0856 e. The molecule has 0 aromatic carbocycles. The van der Waals surface area contributed by atoms with Gasteiger partial charge in [0, 0.05) is 0 Å². The largest absolute Gasteiger partial charge is 0.0856 e. The van der Waals surface area contributed by atoms with Gasteiger partial charge in [-0.15, -0.1) is 0 Å². The summed E-state index contributed by atoms with van der Waals surface area (Å²) in [5.41, 5.74) is 2.98. The van der Waals surface area contributed by atoms with Gasteiger partial charge in [0.25, 0.3) is 0 Å². The molecule has 0 rings (SSSR count). The van der Waals surface area contributed by atoms with E-state index in [0.29, 0.717) is 0 Å². The molecular weight excluding hydrogens is 180 g/mol. The first-order chi connectivity index (χ1) is 7.06. The summed E-state index contributed by atoms with van der Waals surface area (Å²) in [6, 6.07) is 0. The molecule has 0 N–H and O–H groups in total. The summed E-state index contributed by atoms with van der Waals surface area (Å²) >= 11 is 0. The maximum atomic E-state index is 2.42. The summed E-state index contributed by atoms with van der Waals surface area (Å²) in [6.45, 7) is 11.2. The quantitative estimate of drug-likeness (QED) is 0.484. The van der Waals surface area contributed by atoms with E-state index in [1.54, 1.807) is 5.57 Å². The van der Waals surface area contributed by atoms with Gasteiger partial charge in [0.15, 0.2) is 0 Å². The van der Waals surface area contributed by atoms with Gasteiger partial charge in [-0.05, 0) is 52.4 Å². The Morgan fingerprint density at radius 2 is 1.73 bits per heavy atom. The molecule has 0 fully saturated rings. The third kappa shape index (κ3) is 9.78. The van der Waals surface area contributed by atoms with Crippen molar-refractivity contribution in [3.63, 3.8) is 0 Å². The molecule has 0 saturated heterocycles. The second-order valence-electron chi connectivity index (χ2n) is 4.96. The highest BCUT2D eigenvalue weighted by Gasteiger charge is 1.96. The van der Waals surface area contributed by atoms with E-state index in [1.807, 2.05) is 0 Å². The average Bonchev–Trinajstić information content (AvgIpc) is 2.17. The molecule has 0 heterocycles. The highest BCUT2D eigenvalue weighted by atomic mass is 14.0. The van der Waals surface area contributed by atoms with Crippen molar-refractivity contribution >= 4 is 0 Å². The maximum absolute atomic E-state index is 2.42. The minimum absolute atomic E-state index is 0.881. The smallest absolute Gasteiger partial charge is 0.0288 e. The number of hydrogen-bond donors (Lipinski definition) is 0. The lowest BCUT2D eigenvalue weighted by molar-refractivity contribution is 0.521. The molecule has 0 radical (unpaired) electrons. The molecule has 0 bridgehead atoms. The molecule has 1 atom stereocenters. The fourth-order valence-electron chi connectivity index (χ4n) is 1.51. The van der Waals surface area contributed by atoms with Crippen LogP contribution < -0.4 is 0 Å². The van der Waals surface area contributed by atoms with Crippen LogP contribution in [0.1, 0.15) is 66.7 Å². The molecule has 15 heavy (non-hydrogen) atoms. The molecular formula is C15H28. The molecule has 0 heteroatoms. The van der Waals surface area contributed by atoms with Crippen molar-refractivity contribution in [3.05, 3.63) is 23.3 Å². The van der Waals surface area contributed by atoms with Crippen LogP contribution in [0.5, 0.6) is 0 Å². The molecule has 0 aromatic heterocycles. The fraction of sp³-hybridized carbons (Fsp3) is 0.733. The van der Waals surface area contributed by atoms with E-state index in [1.165, 1.54) is 37.7 Å². The summed E-state index contributed by atoms with van der Waals surface area (Å²) < 4.78 is 0. The van der Waals surface area contributed by atoms with E-state index in [9.17, 15) is 0 Å². The van der Waals surface area contributed by atoms with Crippen LogP contribution in [-0.2, 0) is 0 Å². The van der Waals surface area contributed by atoms with Crippen molar-refractivity contribution < 1.29 is 0 Å². The molecule has 0 amide bonds. The van der Waals surface area contributed by atoms with Crippen LogP contribution in [-0.4, -0.2) is 0 Å². The van der Waals surface area contributed by atoms with Crippen molar-refractivity contribution in [2.45, 2.75) is 66.7 Å². The molecule has 88 valence electrons. The topological polar surface area (TPSA) is 0 Å². The lowest BCUT2D eigenvalue weighted by Gasteiger charge is -2.05. The minimum atomic E-state index is 0.881. The maximum Gasteiger partial charge on any atom is -0.0288 e. The summed E-state index contributed by atoms with van der Waals surface area (Å²) in [5.74, 6) is 0.881. The van der Waals surface area contributed by atoms with Crippen LogP contribution in [0.15, 0.2) is 23.3 Å². The molecule has 0 aromatic rings. The van der Waals surface area contributed by atoms with Crippen LogP contribution in [0.3, 0.4) is 0 Å². The van der Waals surface area contributed by atoms with Crippen molar-refractivity contribution in [2.75, 3.05) is 0 Å². The number of rotatable bonds is 7. The Hall–Kier alpha value is -0.520. The molecule has 1 unspecified atom stereocenters. The van der Waals surface area contributed by atoms with Crippen LogP contribution in [0.25, 0.3) is 0 Å². The van der Waals surface area contributed by atoms with E-state index >= 15 is 0 Å². The average molecular weight is 208 g/mol. The van der Waals surface area contributed by atoms with E-state index in [4.69, 9.17) is 0 Å². The van der Waals surface area contributed by atoms with Gasteiger partial charge in [0.05, 0.1) is 0 Å². The Labute approximate surface area is 96.5 Å². The molecule has 0 saturated carbocycles. The van der Waals surface area contributed by atoms with Crippen molar-refractivity contribution in [1.82, 2.24) is 0 Å². The first-order valence-corrected chi connectivity index (χ1v) is 6.35. The van der Waals surface area contributed by atoms with Gasteiger partial charge in [-0.1, -0.05) is 43.6 Å². The monoisotopic (exact) mass is 208 g/mol. The van der Waals surface area contributed by atoms with E-state index in [2.05, 4.69) is 46.8 Å². The normalized spacial score (nSPS) is 13.8. The van der Waals surface area contributed by atoms with Gasteiger partial charge in [-0.2, -0.15) is 0 Å². The summed E-state index contributed by atoms with van der Waals surface area (Å²) in [5, 5.41) is 0. The molecule has 0 nitrogen and oxygen atoms in total. The van der Waals surface area contributed by atoms with E-state index in [-0.39, 0.29) is 0 Å². The van der Waals surface area contributed by atoms with Gasteiger partial charge in [-0.3, -0.25) is 0 Å². The van der Waals surface area contributed by atoms with Crippen LogP contribution in [0.4, 0.5) is 0 Å². The summed E-state index contributed by atoms with van der Waals surface area (Å²) in [6.07, 6.45) is 11.1. The number of allylic oxidation sites excluding steroid dienone is 4. The third-order valence-corrected chi connectivity index (χ3v) is 2.94. The SMILES string of the molecule is CCC(C)CC/C=C(/C)CCC=C(C)C. The standard InChI is InChI=1S/C15H28/c1-6-14(4)10-8-12-15(5)11-7-9-13(2)3/h9,12,14H,6-8,10-11H2,1-5H3/b15-12-. The Morgan fingerprint density at radius 3 is 2.27 bits per heavy atom. The van der Waals surface area contributed by atoms with Gasteiger partial charge in [0.1, 0.15) is 0 Å². The zero-order valence-electron chi connectivity index (χ0n) is 11.3. The zero-order valence-corrected chi connectivity index (χ0v) is 11.3. The van der Waals surface area contributed by atoms with E-state index < -0.39 is 0 Å². The van der Waals surface area contributed by atoms with Crippen LogP contribution >= 0.6 is 0 Å². The molecule has 0 aliphatic carbocycles. The lowest BCUT2D eigenvalue weighted by Crippen LogP contribution is -1.90. The van der Waals surface area contributed by atoms with Gasteiger partial charge < -0.3 is 0 Å². The first kappa shape index (κ1) is 14.5. The fourth-order valence-corrected chi connectivity index (χ4v) is 1.51. The van der Waals surface area contributed by atoms with Gasteiger partial charge >= 0.3 is 0 Å². The Morgan fingerprint density at radius 1 is 1.07 bits per heavy atom. The molecule has 0 aliphatic rings. The van der Waals surface area contributed by atoms with Crippen molar-refractivity contribution in [3.8, 4) is 0 Å². The van der Waals surface area contributed by atoms with Crippen molar-refractivity contribution in [1.29, 1.82) is 0 Å². The predicted molar refractivity (Wildman–Crippen MR) is 71.1 cm³/mol. The predicted octanol–water partition coefficient (Wildman–Crippen LogP) is 5.51. The van der Waals surface area contributed by atoms with Crippen molar-refractivity contribution in [2.24, 2.45) is 5.92 Å². The third-order valence-electron chi connectivity index (χ3n) is 2.94. The second-order valence-corrected chi connectivity index (χ2v) is 4.96. The van der Waals surface area contributed by atoms with Gasteiger partial charge in [-0.25, -0.2) is 0 Å². The number of hydrogen-bond acceptors (Lipinski definition) is 0. The second kappa shape index (κ2) is 8.76. The lowest BCUT2D eigenvalue weighted by atomic mass is 10.0. The zero-order chi connectivity index (χ0) is 11.7. The first-order valence-electron chi connectivity index (χ1n) is 6.35. The molecule has 0 spiro atoms. The highest BCUT2D eigenvalue weighted by molar-refractivity contribution is 5.02. The Kier molecular flexibility index (Phi) is 8.46. The summed E-state index contributed by atoms with van der Waals surface area (Å²) in [4.78, 5) is 0. The van der Waals surface area contributed by atoms with Crippen LogP contribution in [0.2, 0.25) is 0 Å². The molecule has 0 aliphatic heterocycles. The summed E-state index contributed by atoms with van der Waals surface area (Å²) in [7, 11) is 0. The van der Waals surface area contributed by atoms with E-state index in [0.717, 1.165) is 5.92 Å².